The van der Waals surface area contributed by atoms with Gasteiger partial charge in [0.25, 0.3) is 20.0 Å². The molecule has 2 aromatic carbocycles. The maximum absolute atomic E-state index is 13.1. The van der Waals surface area contributed by atoms with E-state index in [1.807, 2.05) is 0 Å². The molecule has 30 heavy (non-hydrogen) atoms. The Balaban J connectivity index is 2.13. The molecule has 1 aromatic heterocycles. The number of benzene rings is 2. The number of aromatic nitrogens is 2. The van der Waals surface area contributed by atoms with Gasteiger partial charge in [0.05, 0.1) is 34.0 Å². The molecule has 0 amide bonds. The van der Waals surface area contributed by atoms with E-state index in [9.17, 15) is 16.8 Å². The second kappa shape index (κ2) is 7.93. The SMILES string of the molecule is COc1ccc(S(=O)(=O)n2nc(C)cc2C)cc1N(C)S(=O)(=O)c1ccc(Cl)cc1. The van der Waals surface area contributed by atoms with Crippen LogP contribution in [0.3, 0.4) is 0 Å². The third-order valence-electron chi connectivity index (χ3n) is 4.46. The first-order chi connectivity index (χ1) is 14.0. The molecule has 0 bridgehead atoms. The number of rotatable bonds is 6. The predicted octanol–water partition coefficient (Wildman–Crippen LogP) is 3.22. The van der Waals surface area contributed by atoms with E-state index in [2.05, 4.69) is 5.10 Å². The fourth-order valence-electron chi connectivity index (χ4n) is 2.92. The van der Waals surface area contributed by atoms with Crippen molar-refractivity contribution in [2.45, 2.75) is 23.6 Å². The Morgan fingerprint density at radius 1 is 0.967 bits per heavy atom. The fourth-order valence-corrected chi connectivity index (χ4v) is 5.61. The second-order valence-corrected chi connectivity index (χ2v) is 10.7. The summed E-state index contributed by atoms with van der Waals surface area (Å²) < 4.78 is 59.4. The first-order valence-electron chi connectivity index (χ1n) is 8.70. The number of halogens is 1. The maximum atomic E-state index is 13.1. The topological polar surface area (TPSA) is 98.6 Å². The Morgan fingerprint density at radius 2 is 1.57 bits per heavy atom. The van der Waals surface area contributed by atoms with E-state index in [1.165, 1.54) is 56.6 Å². The van der Waals surface area contributed by atoms with Crippen molar-refractivity contribution in [3.05, 3.63) is 64.9 Å². The minimum atomic E-state index is -4.03. The number of nitrogens with zero attached hydrogens (tertiary/aromatic N) is 3. The van der Waals surface area contributed by atoms with Crippen LogP contribution >= 0.6 is 11.6 Å². The Morgan fingerprint density at radius 3 is 2.10 bits per heavy atom. The average molecular weight is 470 g/mol. The monoisotopic (exact) mass is 469 g/mol. The summed E-state index contributed by atoms with van der Waals surface area (Å²) in [5.41, 5.74) is 1.05. The Bertz CT molecular complexity index is 1300. The lowest BCUT2D eigenvalue weighted by Crippen LogP contribution is -2.27. The van der Waals surface area contributed by atoms with Gasteiger partial charge in [0.2, 0.25) is 0 Å². The third kappa shape index (κ3) is 3.90. The summed E-state index contributed by atoms with van der Waals surface area (Å²) in [6, 6.07) is 11.3. The highest BCUT2D eigenvalue weighted by molar-refractivity contribution is 7.92. The number of sulfonamides is 1. The molecular formula is C19H20ClN3O5S2. The van der Waals surface area contributed by atoms with E-state index in [1.54, 1.807) is 19.9 Å². The molecule has 0 aliphatic carbocycles. The summed E-state index contributed by atoms with van der Waals surface area (Å²) in [5.74, 6) is 0.197. The van der Waals surface area contributed by atoms with Gasteiger partial charge < -0.3 is 4.74 Å². The van der Waals surface area contributed by atoms with Gasteiger partial charge in [-0.2, -0.15) is 17.6 Å². The van der Waals surface area contributed by atoms with Crippen molar-refractivity contribution < 1.29 is 21.6 Å². The Labute approximate surface area is 180 Å². The van der Waals surface area contributed by atoms with Crippen molar-refractivity contribution in [1.29, 1.82) is 0 Å². The molecule has 0 radical (unpaired) electrons. The number of anilines is 1. The molecule has 0 aliphatic heterocycles. The molecule has 0 spiro atoms. The van der Waals surface area contributed by atoms with Crippen LogP contribution in [0, 0.1) is 13.8 Å². The zero-order valence-electron chi connectivity index (χ0n) is 16.7. The molecule has 0 saturated heterocycles. The lowest BCUT2D eigenvalue weighted by molar-refractivity contribution is 0.415. The van der Waals surface area contributed by atoms with Crippen LogP contribution in [0.4, 0.5) is 5.69 Å². The van der Waals surface area contributed by atoms with Crippen molar-refractivity contribution >= 4 is 37.3 Å². The van der Waals surface area contributed by atoms with Crippen LogP contribution < -0.4 is 9.04 Å². The van der Waals surface area contributed by atoms with Crippen molar-refractivity contribution in [1.82, 2.24) is 9.19 Å². The molecule has 8 nitrogen and oxygen atoms in total. The average Bonchev–Trinajstić information content (AvgIpc) is 3.06. The normalized spacial score (nSPS) is 12.0. The van der Waals surface area contributed by atoms with E-state index < -0.39 is 20.0 Å². The molecule has 1 heterocycles. The quantitative estimate of drug-likeness (QED) is 0.549. The summed E-state index contributed by atoms with van der Waals surface area (Å²) in [7, 11) is -5.34. The summed E-state index contributed by atoms with van der Waals surface area (Å²) in [6.07, 6.45) is 0. The largest absolute Gasteiger partial charge is 0.495 e. The predicted molar refractivity (Wildman–Crippen MR) is 114 cm³/mol. The standard InChI is InChI=1S/C19H20ClN3O5S2/c1-13-11-14(2)23(21-13)30(26,27)17-9-10-19(28-4)18(12-17)22(3)29(24,25)16-7-5-15(20)6-8-16/h5-12H,1-4H3. The summed E-state index contributed by atoms with van der Waals surface area (Å²) in [4.78, 5) is -0.120. The van der Waals surface area contributed by atoms with Crippen LogP contribution in [0.5, 0.6) is 5.75 Å². The van der Waals surface area contributed by atoms with Crippen molar-refractivity contribution in [3.8, 4) is 5.75 Å². The summed E-state index contributed by atoms with van der Waals surface area (Å²) in [5, 5.41) is 4.43. The highest BCUT2D eigenvalue weighted by Crippen LogP contribution is 2.34. The first-order valence-corrected chi connectivity index (χ1v) is 12.0. The number of ether oxygens (including phenoxy) is 1. The van der Waals surface area contributed by atoms with Crippen LogP contribution in [-0.2, 0) is 20.0 Å². The number of aryl methyl sites for hydroxylation is 2. The molecule has 11 heteroatoms. The molecule has 160 valence electrons. The van der Waals surface area contributed by atoms with E-state index >= 15 is 0 Å². The second-order valence-electron chi connectivity index (χ2n) is 6.54. The van der Waals surface area contributed by atoms with Gasteiger partial charge in [-0.25, -0.2) is 8.42 Å². The fraction of sp³-hybridized carbons (Fsp3) is 0.211. The van der Waals surface area contributed by atoms with Crippen LogP contribution in [0.1, 0.15) is 11.4 Å². The highest BCUT2D eigenvalue weighted by Gasteiger charge is 2.27. The van der Waals surface area contributed by atoms with Gasteiger partial charge >= 0.3 is 0 Å². The van der Waals surface area contributed by atoms with E-state index in [0.29, 0.717) is 16.4 Å². The molecule has 0 atom stereocenters. The molecule has 3 aromatic rings. The summed E-state index contributed by atoms with van der Waals surface area (Å²) in [6.45, 7) is 3.31. The Kier molecular flexibility index (Phi) is 5.85. The third-order valence-corrected chi connectivity index (χ3v) is 8.17. The minimum Gasteiger partial charge on any atom is -0.495 e. The van der Waals surface area contributed by atoms with Crippen molar-refractivity contribution in [2.24, 2.45) is 0 Å². The summed E-state index contributed by atoms with van der Waals surface area (Å²) >= 11 is 5.85. The zero-order valence-corrected chi connectivity index (χ0v) is 19.1. The molecule has 0 N–H and O–H groups in total. The highest BCUT2D eigenvalue weighted by atomic mass is 35.5. The zero-order chi connectivity index (χ0) is 22.3. The van der Waals surface area contributed by atoms with Crippen LogP contribution in [0.15, 0.2) is 58.3 Å². The van der Waals surface area contributed by atoms with E-state index in [-0.39, 0.29) is 21.2 Å². The molecule has 0 fully saturated rings. The van der Waals surface area contributed by atoms with Gasteiger partial charge in [0, 0.05) is 12.1 Å². The van der Waals surface area contributed by atoms with Crippen molar-refractivity contribution in [3.63, 3.8) is 0 Å². The van der Waals surface area contributed by atoms with Crippen LogP contribution in [0.2, 0.25) is 5.02 Å². The van der Waals surface area contributed by atoms with Gasteiger partial charge in [-0.3, -0.25) is 4.31 Å². The lowest BCUT2D eigenvalue weighted by atomic mass is 10.3. The molecule has 0 aliphatic rings. The number of methoxy groups -OCH3 is 1. The van der Waals surface area contributed by atoms with E-state index in [0.717, 1.165) is 8.39 Å². The maximum Gasteiger partial charge on any atom is 0.283 e. The molecule has 0 saturated carbocycles. The van der Waals surface area contributed by atoms with Gasteiger partial charge in [0.15, 0.2) is 0 Å². The van der Waals surface area contributed by atoms with Gasteiger partial charge in [-0.1, -0.05) is 11.6 Å². The minimum absolute atomic E-state index is 0.00302. The van der Waals surface area contributed by atoms with Crippen molar-refractivity contribution in [2.75, 3.05) is 18.5 Å². The molecular weight excluding hydrogens is 450 g/mol. The van der Waals surface area contributed by atoms with Crippen LogP contribution in [0.25, 0.3) is 0 Å². The van der Waals surface area contributed by atoms with Gasteiger partial charge in [-0.05, 0) is 62.4 Å². The molecule has 0 unspecified atom stereocenters. The van der Waals surface area contributed by atoms with Gasteiger partial charge in [-0.15, -0.1) is 0 Å². The number of hydrogen-bond acceptors (Lipinski definition) is 6. The lowest BCUT2D eigenvalue weighted by Gasteiger charge is -2.22. The van der Waals surface area contributed by atoms with Gasteiger partial charge in [0.1, 0.15) is 5.75 Å². The first kappa shape index (κ1) is 22.1. The van der Waals surface area contributed by atoms with Crippen LogP contribution in [-0.4, -0.2) is 40.2 Å². The number of hydrogen-bond donors (Lipinski definition) is 0. The molecule has 3 rings (SSSR count). The smallest absolute Gasteiger partial charge is 0.283 e. The Hall–Kier alpha value is -2.56. The van der Waals surface area contributed by atoms with E-state index in [4.69, 9.17) is 16.3 Å².